The van der Waals surface area contributed by atoms with Crippen LogP contribution in [0.5, 0.6) is 0 Å². The van der Waals surface area contributed by atoms with Crippen molar-refractivity contribution >= 4 is 10.1 Å². The Morgan fingerprint density at radius 1 is 0.842 bits per heavy atom. The highest BCUT2D eigenvalue weighted by Gasteiger charge is 2.21. The molecule has 0 amide bonds. The molecule has 0 aromatic rings. The predicted octanol–water partition coefficient (Wildman–Crippen LogP) is 3.54. The number of aliphatic hydroxyl groups excluding tert-OH is 1. The summed E-state index contributed by atoms with van der Waals surface area (Å²) in [4.78, 5) is 0. The van der Waals surface area contributed by atoms with Gasteiger partial charge in [-0.1, -0.05) is 52.4 Å². The van der Waals surface area contributed by atoms with E-state index in [-0.39, 0.29) is 6.10 Å². The van der Waals surface area contributed by atoms with Crippen molar-refractivity contribution in [3.05, 3.63) is 0 Å². The number of hydrogen-bond acceptors (Lipinski definition) is 3. The normalized spacial score (nSPS) is 15.4. The number of unbranched alkanes of at least 4 members (excludes halogenated alkanes) is 3. The minimum absolute atomic E-state index is 0.215. The van der Waals surface area contributed by atoms with E-state index in [1.165, 1.54) is 0 Å². The molecular formula is C14H30O4S. The molecule has 0 fully saturated rings. The molecule has 0 aromatic carbocycles. The van der Waals surface area contributed by atoms with Gasteiger partial charge in [-0.05, 0) is 25.7 Å². The van der Waals surface area contributed by atoms with Crippen molar-refractivity contribution in [2.45, 2.75) is 89.4 Å². The summed E-state index contributed by atoms with van der Waals surface area (Å²) in [5.74, 6) is 0. The van der Waals surface area contributed by atoms with E-state index in [2.05, 4.69) is 6.92 Å². The van der Waals surface area contributed by atoms with Crippen molar-refractivity contribution in [1.82, 2.24) is 0 Å². The third-order valence-electron chi connectivity index (χ3n) is 3.49. The molecule has 0 saturated heterocycles. The summed E-state index contributed by atoms with van der Waals surface area (Å²) in [6, 6.07) is 0. The first-order chi connectivity index (χ1) is 8.91. The zero-order chi connectivity index (χ0) is 14.7. The van der Waals surface area contributed by atoms with Crippen molar-refractivity contribution in [1.29, 1.82) is 0 Å². The fraction of sp³-hybridized carbons (Fsp3) is 1.00. The van der Waals surface area contributed by atoms with Gasteiger partial charge in [0.05, 0.1) is 11.4 Å². The van der Waals surface area contributed by atoms with E-state index >= 15 is 0 Å². The average molecular weight is 294 g/mol. The highest BCUT2D eigenvalue weighted by Crippen LogP contribution is 2.17. The van der Waals surface area contributed by atoms with Crippen LogP contribution in [0.25, 0.3) is 0 Å². The van der Waals surface area contributed by atoms with E-state index in [1.807, 2.05) is 6.92 Å². The van der Waals surface area contributed by atoms with Gasteiger partial charge in [0.1, 0.15) is 0 Å². The van der Waals surface area contributed by atoms with Crippen LogP contribution in [-0.4, -0.2) is 29.4 Å². The maximum absolute atomic E-state index is 11.1. The molecule has 0 spiro atoms. The van der Waals surface area contributed by atoms with Crippen LogP contribution in [0, 0.1) is 0 Å². The zero-order valence-electron chi connectivity index (χ0n) is 12.3. The summed E-state index contributed by atoms with van der Waals surface area (Å²) in [6.07, 6.45) is 8.05. The first-order valence-corrected chi connectivity index (χ1v) is 9.06. The van der Waals surface area contributed by atoms with Gasteiger partial charge in [-0.25, -0.2) is 0 Å². The van der Waals surface area contributed by atoms with Crippen molar-refractivity contribution in [3.8, 4) is 0 Å². The van der Waals surface area contributed by atoms with Gasteiger partial charge in [-0.2, -0.15) is 8.42 Å². The highest BCUT2D eigenvalue weighted by atomic mass is 32.2. The molecule has 4 nitrogen and oxygen atoms in total. The maximum Gasteiger partial charge on any atom is 0.267 e. The van der Waals surface area contributed by atoms with E-state index in [0.29, 0.717) is 12.8 Å². The molecule has 116 valence electrons. The van der Waals surface area contributed by atoms with Gasteiger partial charge in [0.25, 0.3) is 10.1 Å². The Balaban J connectivity index is 3.72. The predicted molar refractivity (Wildman–Crippen MR) is 78.9 cm³/mol. The molecule has 0 saturated carbocycles. The van der Waals surface area contributed by atoms with E-state index in [9.17, 15) is 13.5 Å². The standard InChI is InChI=1S/C14H30O4S/c1-3-5-10-13(15)11-7-6-8-12-14(9-4-2)19(16,17)18/h13-15H,3-12H2,1-2H3,(H,16,17,18). The first kappa shape index (κ1) is 18.9. The molecule has 2 N–H and O–H groups in total. The molecule has 0 heterocycles. The fourth-order valence-electron chi connectivity index (χ4n) is 2.28. The Labute approximate surface area is 118 Å². The van der Waals surface area contributed by atoms with Crippen molar-refractivity contribution < 1.29 is 18.1 Å². The van der Waals surface area contributed by atoms with Crippen LogP contribution in [-0.2, 0) is 10.1 Å². The summed E-state index contributed by atoms with van der Waals surface area (Å²) in [5.41, 5.74) is 0. The highest BCUT2D eigenvalue weighted by molar-refractivity contribution is 7.86. The smallest absolute Gasteiger partial charge is 0.267 e. The second-order valence-electron chi connectivity index (χ2n) is 5.36. The summed E-state index contributed by atoms with van der Waals surface area (Å²) in [6.45, 7) is 4.03. The first-order valence-electron chi connectivity index (χ1n) is 7.56. The molecule has 19 heavy (non-hydrogen) atoms. The van der Waals surface area contributed by atoms with Crippen molar-refractivity contribution in [3.63, 3.8) is 0 Å². The zero-order valence-corrected chi connectivity index (χ0v) is 13.2. The number of aliphatic hydroxyl groups is 1. The van der Waals surface area contributed by atoms with Crippen molar-refractivity contribution in [2.24, 2.45) is 0 Å². The molecule has 0 rings (SSSR count). The Kier molecular flexibility index (Phi) is 10.6. The second kappa shape index (κ2) is 10.6. The van der Waals surface area contributed by atoms with Gasteiger partial charge < -0.3 is 5.11 Å². The summed E-state index contributed by atoms with van der Waals surface area (Å²) in [5, 5.41) is 9.06. The van der Waals surface area contributed by atoms with Crippen LogP contribution in [0.15, 0.2) is 0 Å². The Morgan fingerprint density at radius 3 is 1.95 bits per heavy atom. The molecule has 0 aliphatic carbocycles. The lowest BCUT2D eigenvalue weighted by molar-refractivity contribution is 0.148. The lowest BCUT2D eigenvalue weighted by Crippen LogP contribution is -2.20. The molecule has 0 aromatic heterocycles. The third kappa shape index (κ3) is 10.3. The van der Waals surface area contributed by atoms with Gasteiger partial charge in [0.2, 0.25) is 0 Å². The summed E-state index contributed by atoms with van der Waals surface area (Å²) >= 11 is 0. The van der Waals surface area contributed by atoms with Crippen LogP contribution in [0.1, 0.15) is 78.1 Å². The minimum Gasteiger partial charge on any atom is -0.393 e. The van der Waals surface area contributed by atoms with Gasteiger partial charge in [0, 0.05) is 0 Å². The van der Waals surface area contributed by atoms with Crippen molar-refractivity contribution in [2.75, 3.05) is 0 Å². The van der Waals surface area contributed by atoms with E-state index in [1.54, 1.807) is 0 Å². The van der Waals surface area contributed by atoms with Crippen LogP contribution < -0.4 is 0 Å². The topological polar surface area (TPSA) is 74.6 Å². The van der Waals surface area contributed by atoms with E-state index < -0.39 is 15.4 Å². The molecule has 2 unspecified atom stereocenters. The SMILES string of the molecule is CCCCC(O)CCCCCC(CCC)S(=O)(=O)O. The van der Waals surface area contributed by atoms with Crippen LogP contribution in [0.3, 0.4) is 0 Å². The molecule has 0 aliphatic heterocycles. The summed E-state index contributed by atoms with van der Waals surface area (Å²) < 4.78 is 31.3. The van der Waals surface area contributed by atoms with Gasteiger partial charge >= 0.3 is 0 Å². The second-order valence-corrected chi connectivity index (χ2v) is 7.06. The molecule has 0 aliphatic rings. The van der Waals surface area contributed by atoms with Crippen LogP contribution in [0.4, 0.5) is 0 Å². The Bertz CT molecular complexity index is 301. The van der Waals surface area contributed by atoms with Crippen LogP contribution in [0.2, 0.25) is 0 Å². The molecular weight excluding hydrogens is 264 g/mol. The molecule has 0 radical (unpaired) electrons. The largest absolute Gasteiger partial charge is 0.393 e. The molecule has 2 atom stereocenters. The number of rotatable bonds is 12. The number of hydrogen-bond donors (Lipinski definition) is 2. The fourth-order valence-corrected chi connectivity index (χ4v) is 3.28. The minimum atomic E-state index is -3.89. The van der Waals surface area contributed by atoms with Gasteiger partial charge in [0.15, 0.2) is 0 Å². The lowest BCUT2D eigenvalue weighted by atomic mass is 10.0. The Hall–Kier alpha value is -0.130. The van der Waals surface area contributed by atoms with Gasteiger partial charge in [-0.3, -0.25) is 4.55 Å². The van der Waals surface area contributed by atoms with E-state index in [4.69, 9.17) is 4.55 Å². The van der Waals surface area contributed by atoms with Gasteiger partial charge in [-0.15, -0.1) is 0 Å². The molecule has 0 bridgehead atoms. The summed E-state index contributed by atoms with van der Waals surface area (Å²) in [7, 11) is -3.89. The Morgan fingerprint density at radius 2 is 1.42 bits per heavy atom. The lowest BCUT2D eigenvalue weighted by Gasteiger charge is -2.13. The molecule has 5 heteroatoms. The maximum atomic E-state index is 11.1. The quantitative estimate of drug-likeness (QED) is 0.426. The monoisotopic (exact) mass is 294 g/mol. The van der Waals surface area contributed by atoms with Crippen LogP contribution >= 0.6 is 0 Å². The third-order valence-corrected chi connectivity index (χ3v) is 4.80. The average Bonchev–Trinajstić information content (AvgIpc) is 2.33. The van der Waals surface area contributed by atoms with E-state index in [0.717, 1.165) is 51.4 Å².